The fraction of sp³-hybridized carbons (Fsp3) is 0.500. The molecule has 106 valence electrons. The minimum Gasteiger partial charge on any atom is -0.325 e. The lowest BCUT2D eigenvalue weighted by molar-refractivity contribution is -0.115. The van der Waals surface area contributed by atoms with Crippen LogP contribution in [-0.2, 0) is 4.79 Å². The number of likely N-dealkylation sites (N-methyl/N-ethyl adjacent to an activating group) is 1. The zero-order valence-electron chi connectivity index (χ0n) is 12.0. The molecule has 0 bridgehead atoms. The van der Waals surface area contributed by atoms with Crippen molar-refractivity contribution < 1.29 is 4.79 Å². The minimum absolute atomic E-state index is 0.0103. The normalized spacial score (nSPS) is 11.7. The summed E-state index contributed by atoms with van der Waals surface area (Å²) in [6, 6.07) is 7.12. The number of benzene rings is 1. The zero-order valence-corrected chi connectivity index (χ0v) is 12.7. The van der Waals surface area contributed by atoms with Crippen LogP contribution in [-0.4, -0.2) is 43.5 Å². The van der Waals surface area contributed by atoms with Crippen LogP contribution in [0.2, 0.25) is 5.02 Å². The molecule has 0 heterocycles. The topological polar surface area (TPSA) is 44.4 Å². The van der Waals surface area contributed by atoms with Gasteiger partial charge in [0.2, 0.25) is 5.91 Å². The number of rotatable bonds is 6. The van der Waals surface area contributed by atoms with E-state index in [1.54, 1.807) is 18.2 Å². The maximum absolute atomic E-state index is 11.7. The van der Waals surface area contributed by atoms with Gasteiger partial charge in [-0.2, -0.15) is 0 Å². The van der Waals surface area contributed by atoms with Gasteiger partial charge in [0.05, 0.1) is 6.54 Å². The average Bonchev–Trinajstić information content (AvgIpc) is 2.28. The molecule has 19 heavy (non-hydrogen) atoms. The van der Waals surface area contributed by atoms with Crippen molar-refractivity contribution in [3.8, 4) is 0 Å². The maximum atomic E-state index is 11.7. The highest BCUT2D eigenvalue weighted by atomic mass is 35.5. The van der Waals surface area contributed by atoms with E-state index in [2.05, 4.69) is 29.4 Å². The van der Waals surface area contributed by atoms with Crippen LogP contribution >= 0.6 is 11.6 Å². The third-order valence-corrected chi connectivity index (χ3v) is 3.40. The predicted octanol–water partition coefficient (Wildman–Crippen LogP) is 2.21. The van der Waals surface area contributed by atoms with E-state index < -0.39 is 0 Å². The molecule has 0 fully saturated rings. The van der Waals surface area contributed by atoms with Gasteiger partial charge < -0.3 is 15.5 Å². The lowest BCUT2D eigenvalue weighted by Crippen LogP contribution is -2.48. The number of hydrogen-bond donors (Lipinski definition) is 2. The van der Waals surface area contributed by atoms with Gasteiger partial charge >= 0.3 is 0 Å². The molecule has 5 heteroatoms. The van der Waals surface area contributed by atoms with Gasteiger partial charge in [-0.05, 0) is 46.1 Å². The van der Waals surface area contributed by atoms with E-state index in [1.165, 1.54) is 0 Å². The summed E-state index contributed by atoms with van der Waals surface area (Å²) < 4.78 is 0. The summed E-state index contributed by atoms with van der Waals surface area (Å²) in [5.74, 6) is -0.0724. The number of amides is 1. The van der Waals surface area contributed by atoms with Crippen molar-refractivity contribution in [2.75, 3.05) is 32.5 Å². The van der Waals surface area contributed by atoms with E-state index in [-0.39, 0.29) is 18.0 Å². The van der Waals surface area contributed by atoms with Crippen LogP contribution in [0.4, 0.5) is 5.69 Å². The van der Waals surface area contributed by atoms with Gasteiger partial charge in [0, 0.05) is 22.8 Å². The van der Waals surface area contributed by atoms with Crippen LogP contribution in [0.25, 0.3) is 0 Å². The van der Waals surface area contributed by atoms with Crippen molar-refractivity contribution in [3.63, 3.8) is 0 Å². The fourth-order valence-electron chi connectivity index (χ4n) is 1.41. The maximum Gasteiger partial charge on any atom is 0.238 e. The van der Waals surface area contributed by atoms with E-state index in [4.69, 9.17) is 11.6 Å². The lowest BCUT2D eigenvalue weighted by Gasteiger charge is -2.32. The Bertz CT molecular complexity index is 432. The fourth-order valence-corrected chi connectivity index (χ4v) is 1.60. The van der Waals surface area contributed by atoms with Crippen molar-refractivity contribution in [2.24, 2.45) is 0 Å². The number of anilines is 1. The van der Waals surface area contributed by atoms with Gasteiger partial charge in [-0.25, -0.2) is 0 Å². The van der Waals surface area contributed by atoms with E-state index in [0.29, 0.717) is 10.7 Å². The van der Waals surface area contributed by atoms with E-state index in [0.717, 1.165) is 6.54 Å². The molecule has 1 amide bonds. The molecule has 2 N–H and O–H groups in total. The highest BCUT2D eigenvalue weighted by molar-refractivity contribution is 6.30. The van der Waals surface area contributed by atoms with Crippen molar-refractivity contribution >= 4 is 23.2 Å². The first-order valence-electron chi connectivity index (χ1n) is 6.25. The molecule has 0 saturated heterocycles. The van der Waals surface area contributed by atoms with Crippen LogP contribution in [0, 0.1) is 0 Å². The number of nitrogens with one attached hydrogen (secondary N) is 2. The quantitative estimate of drug-likeness (QED) is 0.841. The first-order valence-corrected chi connectivity index (χ1v) is 6.62. The molecular weight excluding hydrogens is 262 g/mol. The Hall–Kier alpha value is -1.10. The summed E-state index contributed by atoms with van der Waals surface area (Å²) in [6.07, 6.45) is 0. The molecule has 0 aliphatic carbocycles. The smallest absolute Gasteiger partial charge is 0.238 e. The number of nitrogens with zero attached hydrogens (tertiary/aromatic N) is 1. The molecule has 4 nitrogen and oxygen atoms in total. The lowest BCUT2D eigenvalue weighted by atomic mass is 10.0. The minimum atomic E-state index is -0.0724. The third-order valence-electron chi connectivity index (χ3n) is 3.16. The molecule has 0 radical (unpaired) electrons. The predicted molar refractivity (Wildman–Crippen MR) is 80.7 cm³/mol. The summed E-state index contributed by atoms with van der Waals surface area (Å²) in [4.78, 5) is 13.9. The second-order valence-corrected chi connectivity index (χ2v) is 5.81. The third kappa shape index (κ3) is 5.59. The van der Waals surface area contributed by atoms with Crippen LogP contribution < -0.4 is 10.6 Å². The summed E-state index contributed by atoms with van der Waals surface area (Å²) in [5, 5.41) is 6.56. The van der Waals surface area contributed by atoms with Gasteiger partial charge in [0.15, 0.2) is 0 Å². The molecule has 0 aliphatic rings. The highest BCUT2D eigenvalue weighted by Crippen LogP contribution is 2.14. The monoisotopic (exact) mass is 283 g/mol. The summed E-state index contributed by atoms with van der Waals surface area (Å²) in [5.41, 5.74) is 0.724. The summed E-state index contributed by atoms with van der Waals surface area (Å²) >= 11 is 5.85. The largest absolute Gasteiger partial charge is 0.325 e. The molecule has 0 aromatic heterocycles. The molecule has 1 rings (SSSR count). The Morgan fingerprint density at radius 1 is 1.37 bits per heavy atom. The molecule has 1 aromatic rings. The van der Waals surface area contributed by atoms with Gasteiger partial charge in [-0.1, -0.05) is 17.7 Å². The summed E-state index contributed by atoms with van der Waals surface area (Å²) in [7, 11) is 4.04. The van der Waals surface area contributed by atoms with Crippen molar-refractivity contribution in [1.29, 1.82) is 0 Å². The Morgan fingerprint density at radius 3 is 2.63 bits per heavy atom. The number of carbonyl (C=O) groups is 1. The second kappa shape index (κ2) is 6.89. The number of hydrogen-bond acceptors (Lipinski definition) is 3. The Morgan fingerprint density at radius 2 is 2.05 bits per heavy atom. The number of halogens is 1. The SMILES string of the molecule is CN(C)C(C)(C)CNCC(=O)Nc1cccc(Cl)c1. The Kier molecular flexibility index (Phi) is 5.79. The van der Waals surface area contributed by atoms with Crippen molar-refractivity contribution in [3.05, 3.63) is 29.3 Å². The first kappa shape index (κ1) is 16.0. The molecule has 0 atom stereocenters. The average molecular weight is 284 g/mol. The first-order chi connectivity index (χ1) is 8.81. The van der Waals surface area contributed by atoms with Crippen LogP contribution in [0.1, 0.15) is 13.8 Å². The van der Waals surface area contributed by atoms with Crippen LogP contribution in [0.3, 0.4) is 0 Å². The molecular formula is C14H22ClN3O. The molecule has 0 spiro atoms. The van der Waals surface area contributed by atoms with E-state index in [1.807, 2.05) is 20.2 Å². The molecule has 1 aromatic carbocycles. The van der Waals surface area contributed by atoms with Crippen LogP contribution in [0.5, 0.6) is 0 Å². The van der Waals surface area contributed by atoms with Gasteiger partial charge in [-0.3, -0.25) is 4.79 Å². The molecule has 0 saturated carbocycles. The van der Waals surface area contributed by atoms with Gasteiger partial charge in [-0.15, -0.1) is 0 Å². The second-order valence-electron chi connectivity index (χ2n) is 5.37. The molecule has 0 unspecified atom stereocenters. The Labute approximate surface area is 120 Å². The van der Waals surface area contributed by atoms with Crippen molar-refractivity contribution in [2.45, 2.75) is 19.4 Å². The van der Waals surface area contributed by atoms with E-state index in [9.17, 15) is 4.79 Å². The van der Waals surface area contributed by atoms with E-state index >= 15 is 0 Å². The standard InChI is InChI=1S/C14H22ClN3O/c1-14(2,18(3)4)10-16-9-13(19)17-12-7-5-6-11(15)8-12/h5-8,16H,9-10H2,1-4H3,(H,17,19). The zero-order chi connectivity index (χ0) is 14.5. The van der Waals surface area contributed by atoms with Crippen molar-refractivity contribution in [1.82, 2.24) is 10.2 Å². The van der Waals surface area contributed by atoms with Gasteiger partial charge in [0.1, 0.15) is 0 Å². The van der Waals surface area contributed by atoms with Gasteiger partial charge in [0.25, 0.3) is 0 Å². The Balaban J connectivity index is 2.37. The molecule has 0 aliphatic heterocycles. The number of carbonyl (C=O) groups excluding carboxylic acids is 1. The van der Waals surface area contributed by atoms with Crippen LogP contribution in [0.15, 0.2) is 24.3 Å². The summed E-state index contributed by atoms with van der Waals surface area (Å²) in [6.45, 7) is 5.26. The highest BCUT2D eigenvalue weighted by Gasteiger charge is 2.19.